The van der Waals surface area contributed by atoms with Gasteiger partial charge < -0.3 is 5.32 Å². The molecule has 1 N–H and O–H groups in total. The smallest absolute Gasteiger partial charge is 0.163 e. The van der Waals surface area contributed by atoms with Crippen molar-refractivity contribution in [2.24, 2.45) is 0 Å². The first-order valence-electron chi connectivity index (χ1n) is 6.85. The minimum atomic E-state index is -0.307. The Morgan fingerprint density at radius 2 is 1.83 bits per heavy atom. The molecule has 0 bridgehead atoms. The summed E-state index contributed by atoms with van der Waals surface area (Å²) in [4.78, 5) is 8.65. The molecule has 1 heterocycles. The van der Waals surface area contributed by atoms with Crippen LogP contribution in [-0.4, -0.2) is 9.97 Å². The number of anilines is 2. The average molecular weight is 393 g/mol. The summed E-state index contributed by atoms with van der Waals surface area (Å²) in [5.41, 5.74) is 2.67. The summed E-state index contributed by atoms with van der Waals surface area (Å²) in [7, 11) is 0. The fraction of sp³-hybridized carbons (Fsp3) is 0.0588. The summed E-state index contributed by atoms with van der Waals surface area (Å²) in [6.07, 6.45) is 0. The van der Waals surface area contributed by atoms with Gasteiger partial charge in [0.2, 0.25) is 0 Å². The predicted octanol–water partition coefficient (Wildman–Crippen LogP) is 5.75. The van der Waals surface area contributed by atoms with E-state index in [0.29, 0.717) is 22.4 Å². The van der Waals surface area contributed by atoms with Gasteiger partial charge in [-0.1, -0.05) is 33.6 Å². The molecule has 0 aliphatic carbocycles. The number of hydrogen-bond acceptors (Lipinski definition) is 3. The van der Waals surface area contributed by atoms with E-state index in [1.165, 1.54) is 12.1 Å². The second-order valence-corrected chi connectivity index (χ2v) is 6.19. The number of nitrogens with zero attached hydrogens (tertiary/aromatic N) is 2. The van der Waals surface area contributed by atoms with E-state index in [9.17, 15) is 4.39 Å². The Balaban J connectivity index is 1.97. The van der Waals surface area contributed by atoms with Crippen molar-refractivity contribution in [1.29, 1.82) is 0 Å². The van der Waals surface area contributed by atoms with Crippen LogP contribution in [-0.2, 0) is 0 Å². The summed E-state index contributed by atoms with van der Waals surface area (Å²) >= 11 is 9.59. The average Bonchev–Trinajstić information content (AvgIpc) is 2.52. The van der Waals surface area contributed by atoms with Crippen LogP contribution in [0.4, 0.5) is 15.9 Å². The van der Waals surface area contributed by atoms with Gasteiger partial charge in [0.25, 0.3) is 0 Å². The van der Waals surface area contributed by atoms with Gasteiger partial charge in [-0.15, -0.1) is 0 Å². The maximum Gasteiger partial charge on any atom is 0.163 e. The van der Waals surface area contributed by atoms with Crippen molar-refractivity contribution < 1.29 is 4.39 Å². The van der Waals surface area contributed by atoms with E-state index in [-0.39, 0.29) is 5.82 Å². The highest BCUT2D eigenvalue weighted by molar-refractivity contribution is 9.10. The molecular weight excluding hydrogens is 381 g/mol. The van der Waals surface area contributed by atoms with Gasteiger partial charge in [0, 0.05) is 21.8 Å². The summed E-state index contributed by atoms with van der Waals surface area (Å²) < 4.78 is 14.0. The van der Waals surface area contributed by atoms with Crippen molar-refractivity contribution in [3.8, 4) is 11.4 Å². The van der Waals surface area contributed by atoms with Crippen LogP contribution in [0.5, 0.6) is 0 Å². The lowest BCUT2D eigenvalue weighted by Crippen LogP contribution is -1.99. The molecule has 0 saturated heterocycles. The summed E-state index contributed by atoms with van der Waals surface area (Å²) in [6, 6.07) is 13.5. The Hall–Kier alpha value is -1.98. The number of rotatable bonds is 3. The molecular formula is C17H12BrClFN3. The molecule has 1 aromatic heterocycles. The molecule has 0 saturated carbocycles. The molecule has 23 heavy (non-hydrogen) atoms. The maximum absolute atomic E-state index is 13.0. The number of halogens is 3. The molecule has 3 nitrogen and oxygen atoms in total. The predicted molar refractivity (Wildman–Crippen MR) is 94.6 cm³/mol. The Morgan fingerprint density at radius 1 is 1.09 bits per heavy atom. The first-order chi connectivity index (χ1) is 11.0. The lowest BCUT2D eigenvalue weighted by molar-refractivity contribution is 0.628. The van der Waals surface area contributed by atoms with E-state index in [2.05, 4.69) is 31.2 Å². The zero-order chi connectivity index (χ0) is 16.4. The fourth-order valence-corrected chi connectivity index (χ4v) is 2.64. The van der Waals surface area contributed by atoms with E-state index < -0.39 is 0 Å². The highest BCUT2D eigenvalue weighted by atomic mass is 79.9. The second kappa shape index (κ2) is 6.64. The SMILES string of the molecule is Cc1c(Br)cccc1Nc1cc(Cl)nc(-c2ccc(F)cc2)n1. The lowest BCUT2D eigenvalue weighted by atomic mass is 10.2. The normalized spacial score (nSPS) is 10.6. The van der Waals surface area contributed by atoms with Gasteiger partial charge in [-0.3, -0.25) is 0 Å². The van der Waals surface area contributed by atoms with Gasteiger partial charge in [0.15, 0.2) is 5.82 Å². The largest absolute Gasteiger partial charge is 0.340 e. The molecule has 0 radical (unpaired) electrons. The highest BCUT2D eigenvalue weighted by Crippen LogP contribution is 2.27. The fourth-order valence-electron chi connectivity index (χ4n) is 2.09. The molecule has 0 aliphatic heterocycles. The van der Waals surface area contributed by atoms with Gasteiger partial charge in [-0.2, -0.15) is 0 Å². The van der Waals surface area contributed by atoms with E-state index >= 15 is 0 Å². The van der Waals surface area contributed by atoms with Crippen LogP contribution in [0.15, 0.2) is 53.0 Å². The Bertz CT molecular complexity index is 853. The third-order valence-electron chi connectivity index (χ3n) is 3.33. The van der Waals surface area contributed by atoms with Crippen LogP contribution in [0.1, 0.15) is 5.56 Å². The molecule has 0 aliphatic rings. The van der Waals surface area contributed by atoms with Crippen molar-refractivity contribution in [2.45, 2.75) is 6.92 Å². The van der Waals surface area contributed by atoms with Crippen LogP contribution >= 0.6 is 27.5 Å². The second-order valence-electron chi connectivity index (χ2n) is 4.94. The highest BCUT2D eigenvalue weighted by Gasteiger charge is 2.08. The van der Waals surface area contributed by atoms with Gasteiger partial charge >= 0.3 is 0 Å². The van der Waals surface area contributed by atoms with Crippen LogP contribution in [0.3, 0.4) is 0 Å². The molecule has 0 unspecified atom stereocenters. The van der Waals surface area contributed by atoms with Crippen molar-refractivity contribution in [2.75, 3.05) is 5.32 Å². The van der Waals surface area contributed by atoms with E-state index in [1.807, 2.05) is 25.1 Å². The van der Waals surface area contributed by atoms with Crippen LogP contribution in [0, 0.1) is 12.7 Å². The quantitative estimate of drug-likeness (QED) is 0.577. The molecule has 0 fully saturated rings. The topological polar surface area (TPSA) is 37.8 Å². The number of hydrogen-bond donors (Lipinski definition) is 1. The molecule has 0 amide bonds. The Labute approximate surface area is 146 Å². The molecule has 0 spiro atoms. The first kappa shape index (κ1) is 15.9. The van der Waals surface area contributed by atoms with Crippen molar-refractivity contribution in [1.82, 2.24) is 9.97 Å². The minimum absolute atomic E-state index is 0.307. The van der Waals surface area contributed by atoms with E-state index in [0.717, 1.165) is 15.7 Å². The maximum atomic E-state index is 13.0. The van der Waals surface area contributed by atoms with Crippen molar-refractivity contribution in [3.05, 3.63) is 69.5 Å². The van der Waals surface area contributed by atoms with Gasteiger partial charge in [0.05, 0.1) is 0 Å². The summed E-state index contributed by atoms with van der Waals surface area (Å²) in [6.45, 7) is 2.00. The minimum Gasteiger partial charge on any atom is -0.340 e. The van der Waals surface area contributed by atoms with Crippen molar-refractivity contribution in [3.63, 3.8) is 0 Å². The van der Waals surface area contributed by atoms with Gasteiger partial charge in [-0.05, 0) is 48.9 Å². The standard InChI is InChI=1S/C17H12BrClFN3/c1-10-13(18)3-2-4-14(10)21-16-9-15(19)22-17(23-16)11-5-7-12(20)8-6-11/h2-9H,1H3,(H,21,22,23). The Kier molecular flexibility index (Phi) is 4.59. The van der Waals surface area contributed by atoms with Crippen molar-refractivity contribution >= 4 is 39.0 Å². The third-order valence-corrected chi connectivity index (χ3v) is 4.38. The molecule has 3 aromatic rings. The molecule has 2 aromatic carbocycles. The Morgan fingerprint density at radius 3 is 2.57 bits per heavy atom. The number of benzene rings is 2. The van der Waals surface area contributed by atoms with E-state index in [4.69, 9.17) is 11.6 Å². The molecule has 3 rings (SSSR count). The van der Waals surface area contributed by atoms with Crippen LogP contribution in [0.2, 0.25) is 5.15 Å². The third kappa shape index (κ3) is 3.68. The number of aromatic nitrogens is 2. The van der Waals surface area contributed by atoms with Crippen LogP contribution in [0.25, 0.3) is 11.4 Å². The van der Waals surface area contributed by atoms with Crippen LogP contribution < -0.4 is 5.32 Å². The number of nitrogens with one attached hydrogen (secondary N) is 1. The van der Waals surface area contributed by atoms with Gasteiger partial charge in [-0.25, -0.2) is 14.4 Å². The van der Waals surface area contributed by atoms with E-state index in [1.54, 1.807) is 18.2 Å². The lowest BCUT2D eigenvalue weighted by Gasteiger charge is -2.11. The molecule has 6 heteroatoms. The zero-order valence-corrected chi connectivity index (χ0v) is 14.5. The monoisotopic (exact) mass is 391 g/mol. The first-order valence-corrected chi connectivity index (χ1v) is 8.03. The molecule has 116 valence electrons. The van der Waals surface area contributed by atoms with Gasteiger partial charge in [0.1, 0.15) is 16.8 Å². The zero-order valence-electron chi connectivity index (χ0n) is 12.1. The molecule has 0 atom stereocenters. The summed E-state index contributed by atoms with van der Waals surface area (Å²) in [5, 5.41) is 3.55. The summed E-state index contributed by atoms with van der Waals surface area (Å²) in [5.74, 6) is 0.706.